The molecule has 112 valence electrons. The van der Waals surface area contributed by atoms with Gasteiger partial charge in [-0.3, -0.25) is 0 Å². The first-order valence-electron chi connectivity index (χ1n) is 7.43. The summed E-state index contributed by atoms with van der Waals surface area (Å²) in [7, 11) is 0. The van der Waals surface area contributed by atoms with Crippen molar-refractivity contribution in [1.29, 1.82) is 0 Å². The summed E-state index contributed by atoms with van der Waals surface area (Å²) >= 11 is 1.56. The Hall–Kier alpha value is -2.14. The predicted octanol–water partition coefficient (Wildman–Crippen LogP) is 4.13. The molecule has 1 aliphatic rings. The molecule has 0 saturated heterocycles. The van der Waals surface area contributed by atoms with Crippen molar-refractivity contribution in [2.45, 2.75) is 32.3 Å². The van der Waals surface area contributed by atoms with Crippen molar-refractivity contribution in [3.63, 3.8) is 0 Å². The molecular weight excluding hydrogens is 298 g/mol. The maximum absolute atomic E-state index is 12.2. The molecule has 2 aromatic heterocycles. The first-order chi connectivity index (χ1) is 10.8. The summed E-state index contributed by atoms with van der Waals surface area (Å²) in [5.41, 5.74) is 2.80. The molecule has 4 nitrogen and oxygen atoms in total. The third kappa shape index (κ3) is 2.52. The molecular formula is C17H15NO3S. The van der Waals surface area contributed by atoms with Crippen LogP contribution in [0.3, 0.4) is 0 Å². The summed E-state index contributed by atoms with van der Waals surface area (Å²) in [4.78, 5) is 18.5. The molecule has 0 amide bonds. The van der Waals surface area contributed by atoms with E-state index in [-0.39, 0.29) is 12.6 Å². The molecule has 0 fully saturated rings. The van der Waals surface area contributed by atoms with Gasteiger partial charge >= 0.3 is 5.97 Å². The Kier molecular flexibility index (Phi) is 3.42. The largest absolute Gasteiger partial charge is 0.451 e. The van der Waals surface area contributed by atoms with Crippen molar-refractivity contribution in [3.05, 3.63) is 51.5 Å². The van der Waals surface area contributed by atoms with Crippen LogP contribution in [0.4, 0.5) is 0 Å². The van der Waals surface area contributed by atoms with Crippen LogP contribution in [0, 0.1) is 0 Å². The Morgan fingerprint density at radius 1 is 1.27 bits per heavy atom. The molecule has 4 rings (SSSR count). The normalized spacial score (nSPS) is 14.0. The molecule has 22 heavy (non-hydrogen) atoms. The van der Waals surface area contributed by atoms with Crippen LogP contribution in [0.2, 0.25) is 0 Å². The average molecular weight is 313 g/mol. The molecule has 0 aliphatic heterocycles. The van der Waals surface area contributed by atoms with Crippen LogP contribution < -0.4 is 0 Å². The SMILES string of the molecule is O=C(OCc1nc2ccccc2o1)c1cc2c(s1)CCCC2. The molecule has 1 aliphatic carbocycles. The number of benzene rings is 1. The summed E-state index contributed by atoms with van der Waals surface area (Å²) in [6, 6.07) is 9.49. The van der Waals surface area contributed by atoms with E-state index in [2.05, 4.69) is 4.98 Å². The molecule has 1 aromatic carbocycles. The highest BCUT2D eigenvalue weighted by Gasteiger charge is 2.18. The highest BCUT2D eigenvalue weighted by Crippen LogP contribution is 2.30. The first kappa shape index (κ1) is 13.5. The highest BCUT2D eigenvalue weighted by molar-refractivity contribution is 7.14. The summed E-state index contributed by atoms with van der Waals surface area (Å²) in [5, 5.41) is 0. The van der Waals surface area contributed by atoms with E-state index in [1.807, 2.05) is 30.3 Å². The quantitative estimate of drug-likeness (QED) is 0.682. The lowest BCUT2D eigenvalue weighted by Gasteiger charge is -2.08. The van der Waals surface area contributed by atoms with Gasteiger partial charge in [0.25, 0.3) is 0 Å². The van der Waals surface area contributed by atoms with Gasteiger partial charge in [-0.1, -0.05) is 12.1 Å². The Bertz CT molecular complexity index is 777. The maximum atomic E-state index is 12.2. The van der Waals surface area contributed by atoms with E-state index in [4.69, 9.17) is 9.15 Å². The van der Waals surface area contributed by atoms with E-state index in [1.54, 1.807) is 11.3 Å². The lowest BCUT2D eigenvalue weighted by Crippen LogP contribution is -2.03. The second kappa shape index (κ2) is 5.57. The second-order valence-electron chi connectivity index (χ2n) is 5.42. The number of hydrogen-bond acceptors (Lipinski definition) is 5. The summed E-state index contributed by atoms with van der Waals surface area (Å²) in [5.74, 6) is 0.137. The minimum absolute atomic E-state index is 0.0656. The molecule has 0 saturated carbocycles. The van der Waals surface area contributed by atoms with Crippen LogP contribution in [0.15, 0.2) is 34.7 Å². The zero-order valence-corrected chi connectivity index (χ0v) is 12.8. The third-order valence-corrected chi connectivity index (χ3v) is 5.08. The number of carbonyl (C=O) groups excluding carboxylic acids is 1. The Balaban J connectivity index is 1.46. The molecule has 3 aromatic rings. The van der Waals surface area contributed by atoms with Crippen molar-refractivity contribution in [2.75, 3.05) is 0 Å². The third-order valence-electron chi connectivity index (χ3n) is 3.86. The number of nitrogens with zero attached hydrogens (tertiary/aromatic N) is 1. The predicted molar refractivity (Wildman–Crippen MR) is 84.1 cm³/mol. The van der Waals surface area contributed by atoms with Crippen molar-refractivity contribution >= 4 is 28.4 Å². The summed E-state index contributed by atoms with van der Waals surface area (Å²) in [6.45, 7) is 0.0656. The number of aryl methyl sites for hydroxylation is 2. The van der Waals surface area contributed by atoms with Gasteiger partial charge in [-0.15, -0.1) is 11.3 Å². The maximum Gasteiger partial charge on any atom is 0.348 e. The molecule has 0 atom stereocenters. The summed E-state index contributed by atoms with van der Waals surface area (Å²) < 4.78 is 10.9. The average Bonchev–Trinajstić information content (AvgIpc) is 3.15. The number of hydrogen-bond donors (Lipinski definition) is 0. The van der Waals surface area contributed by atoms with Crippen LogP contribution >= 0.6 is 11.3 Å². The number of oxazole rings is 1. The van der Waals surface area contributed by atoms with Gasteiger partial charge in [0.05, 0.1) is 0 Å². The number of thiophene rings is 1. The topological polar surface area (TPSA) is 52.3 Å². The molecule has 0 unspecified atom stereocenters. The highest BCUT2D eigenvalue weighted by atomic mass is 32.1. The van der Waals surface area contributed by atoms with Gasteiger partial charge in [0, 0.05) is 4.88 Å². The lowest BCUT2D eigenvalue weighted by atomic mass is 9.99. The van der Waals surface area contributed by atoms with Crippen molar-refractivity contribution in [2.24, 2.45) is 0 Å². The first-order valence-corrected chi connectivity index (χ1v) is 8.24. The van der Waals surface area contributed by atoms with Gasteiger partial charge in [-0.05, 0) is 49.4 Å². The van der Waals surface area contributed by atoms with E-state index in [0.717, 1.165) is 18.4 Å². The number of carbonyl (C=O) groups is 1. The van der Waals surface area contributed by atoms with Crippen LogP contribution in [-0.2, 0) is 24.2 Å². The standard InChI is InChI=1S/C17H15NO3S/c19-17(15-9-11-5-1-4-8-14(11)22-15)20-10-16-18-12-6-2-3-7-13(12)21-16/h2-3,6-7,9H,1,4-5,8,10H2. The van der Waals surface area contributed by atoms with Crippen molar-refractivity contribution < 1.29 is 13.9 Å². The minimum Gasteiger partial charge on any atom is -0.451 e. The van der Waals surface area contributed by atoms with Crippen LogP contribution in [0.1, 0.15) is 38.8 Å². The van der Waals surface area contributed by atoms with Gasteiger partial charge in [0.15, 0.2) is 12.2 Å². The van der Waals surface area contributed by atoms with Crippen molar-refractivity contribution in [3.8, 4) is 0 Å². The number of ether oxygens (including phenoxy) is 1. The zero-order chi connectivity index (χ0) is 14.9. The number of fused-ring (bicyclic) bond motifs is 2. The fraction of sp³-hybridized carbons (Fsp3) is 0.294. The van der Waals surface area contributed by atoms with Gasteiger partial charge in [-0.2, -0.15) is 0 Å². The molecule has 2 heterocycles. The molecule has 0 bridgehead atoms. The van der Waals surface area contributed by atoms with Crippen LogP contribution in [0.5, 0.6) is 0 Å². The van der Waals surface area contributed by atoms with E-state index < -0.39 is 0 Å². The Morgan fingerprint density at radius 3 is 3.00 bits per heavy atom. The summed E-state index contributed by atoms with van der Waals surface area (Å²) in [6.07, 6.45) is 4.58. The van der Waals surface area contributed by atoms with Crippen molar-refractivity contribution in [1.82, 2.24) is 4.98 Å². The fourth-order valence-electron chi connectivity index (χ4n) is 2.77. The Labute approximate surface area is 131 Å². The van der Waals surface area contributed by atoms with Gasteiger partial charge in [0.1, 0.15) is 10.4 Å². The van der Waals surface area contributed by atoms with E-state index in [1.165, 1.54) is 23.3 Å². The van der Waals surface area contributed by atoms with Gasteiger partial charge < -0.3 is 9.15 Å². The van der Waals surface area contributed by atoms with Crippen LogP contribution in [-0.4, -0.2) is 11.0 Å². The van der Waals surface area contributed by atoms with Gasteiger partial charge in [-0.25, -0.2) is 9.78 Å². The molecule has 5 heteroatoms. The molecule has 0 spiro atoms. The molecule has 0 N–H and O–H groups in total. The van der Waals surface area contributed by atoms with Crippen LogP contribution in [0.25, 0.3) is 11.1 Å². The van der Waals surface area contributed by atoms with E-state index in [9.17, 15) is 4.79 Å². The minimum atomic E-state index is -0.290. The second-order valence-corrected chi connectivity index (χ2v) is 6.55. The number of esters is 1. The Morgan fingerprint density at radius 2 is 2.14 bits per heavy atom. The lowest BCUT2D eigenvalue weighted by molar-refractivity contribution is 0.0446. The number of aromatic nitrogens is 1. The number of rotatable bonds is 3. The van der Waals surface area contributed by atoms with E-state index >= 15 is 0 Å². The van der Waals surface area contributed by atoms with E-state index in [0.29, 0.717) is 16.4 Å². The number of para-hydroxylation sites is 2. The zero-order valence-electron chi connectivity index (χ0n) is 12.0. The smallest absolute Gasteiger partial charge is 0.348 e. The van der Waals surface area contributed by atoms with Gasteiger partial charge in [0.2, 0.25) is 5.89 Å². The monoisotopic (exact) mass is 313 g/mol. The molecule has 0 radical (unpaired) electrons. The fourth-order valence-corrected chi connectivity index (χ4v) is 3.92.